The van der Waals surface area contributed by atoms with Gasteiger partial charge in [0.15, 0.2) is 0 Å². The van der Waals surface area contributed by atoms with Crippen LogP contribution in [0.5, 0.6) is 0 Å². The third kappa shape index (κ3) is 3.05. The van der Waals surface area contributed by atoms with Gasteiger partial charge in [-0.2, -0.15) is 11.3 Å². The maximum Gasteiger partial charge on any atom is 0.313 e. The van der Waals surface area contributed by atoms with Crippen molar-refractivity contribution in [3.63, 3.8) is 0 Å². The normalized spacial score (nSPS) is 26.9. The van der Waals surface area contributed by atoms with Crippen molar-refractivity contribution < 1.29 is 14.6 Å². The summed E-state index contributed by atoms with van der Waals surface area (Å²) in [5.41, 5.74) is 0.579. The molecule has 1 aromatic rings. The fourth-order valence-corrected chi connectivity index (χ4v) is 3.63. The van der Waals surface area contributed by atoms with Crippen LogP contribution >= 0.6 is 11.3 Å². The third-order valence-corrected chi connectivity index (χ3v) is 5.04. The van der Waals surface area contributed by atoms with E-state index < -0.39 is 11.4 Å². The Labute approximate surface area is 123 Å². The second-order valence-corrected chi connectivity index (χ2v) is 6.79. The Kier molecular flexibility index (Phi) is 4.10. The molecule has 1 saturated carbocycles. The van der Waals surface area contributed by atoms with E-state index >= 15 is 0 Å². The predicted molar refractivity (Wildman–Crippen MR) is 77.9 cm³/mol. The van der Waals surface area contributed by atoms with Gasteiger partial charge in [0.2, 0.25) is 0 Å². The van der Waals surface area contributed by atoms with Gasteiger partial charge in [-0.05, 0) is 48.1 Å². The zero-order valence-electron chi connectivity index (χ0n) is 11.6. The molecule has 4 nitrogen and oxygen atoms in total. The number of ether oxygens (including phenoxy) is 1. The maximum absolute atomic E-state index is 11.8. The van der Waals surface area contributed by atoms with Crippen LogP contribution in [0, 0.1) is 5.41 Å². The Balaban J connectivity index is 1.72. The number of thiophene rings is 1. The highest BCUT2D eigenvalue weighted by molar-refractivity contribution is 7.07. The predicted octanol–water partition coefficient (Wildman–Crippen LogP) is 2.59. The highest BCUT2D eigenvalue weighted by atomic mass is 32.1. The van der Waals surface area contributed by atoms with Crippen LogP contribution in [-0.4, -0.2) is 41.8 Å². The van der Waals surface area contributed by atoms with Gasteiger partial charge in [-0.25, -0.2) is 0 Å². The van der Waals surface area contributed by atoms with Crippen molar-refractivity contribution in [1.29, 1.82) is 0 Å². The molecule has 1 aliphatic carbocycles. The molecule has 5 heteroatoms. The van der Waals surface area contributed by atoms with E-state index in [0.29, 0.717) is 25.8 Å². The average molecular weight is 295 g/mol. The van der Waals surface area contributed by atoms with Crippen LogP contribution in [0.25, 0.3) is 0 Å². The summed E-state index contributed by atoms with van der Waals surface area (Å²) in [4.78, 5) is 14.1. The molecular formula is C15H21NO3S. The number of carboxylic acid groups (broad SMARTS) is 1. The largest absolute Gasteiger partial charge is 0.481 e. The lowest BCUT2D eigenvalue weighted by atomic mass is 9.82. The zero-order chi connectivity index (χ0) is 14.0. The molecule has 2 fully saturated rings. The highest BCUT2D eigenvalue weighted by Gasteiger charge is 2.44. The van der Waals surface area contributed by atoms with Gasteiger partial charge in [0.05, 0.1) is 6.61 Å². The van der Waals surface area contributed by atoms with Crippen LogP contribution in [0.3, 0.4) is 0 Å². The summed E-state index contributed by atoms with van der Waals surface area (Å²) in [6, 6.07) is 2.69. The van der Waals surface area contributed by atoms with Gasteiger partial charge in [-0.15, -0.1) is 0 Å². The molecule has 110 valence electrons. The van der Waals surface area contributed by atoms with Gasteiger partial charge in [0, 0.05) is 25.7 Å². The number of aliphatic carboxylic acids is 1. The number of hydrogen-bond acceptors (Lipinski definition) is 4. The summed E-state index contributed by atoms with van der Waals surface area (Å²) in [6.45, 7) is 2.53. The molecule has 1 N–H and O–H groups in total. The first-order valence-electron chi connectivity index (χ1n) is 7.26. The van der Waals surface area contributed by atoms with Crippen LogP contribution < -0.4 is 0 Å². The van der Waals surface area contributed by atoms with Crippen LogP contribution in [0.4, 0.5) is 0 Å². The molecule has 0 bridgehead atoms. The average Bonchev–Trinajstić information content (AvgIpc) is 3.18. The van der Waals surface area contributed by atoms with E-state index in [1.807, 2.05) is 0 Å². The Bertz CT molecular complexity index is 450. The standard InChI is InChI=1S/C15H21NO3S/c17-14(18)15(5-1-6-19-11-15)10-16(13-2-3-13)8-12-4-7-20-9-12/h4,7,9,13H,1-3,5-6,8,10-11H2,(H,17,18). The molecule has 1 atom stereocenters. The Morgan fingerprint density at radius 2 is 2.40 bits per heavy atom. The van der Waals surface area contributed by atoms with E-state index in [4.69, 9.17) is 4.74 Å². The van der Waals surface area contributed by atoms with Crippen molar-refractivity contribution in [3.05, 3.63) is 22.4 Å². The molecule has 2 heterocycles. The minimum Gasteiger partial charge on any atom is -0.481 e. The number of nitrogens with zero attached hydrogens (tertiary/aromatic N) is 1. The first-order chi connectivity index (χ1) is 9.70. The van der Waals surface area contributed by atoms with Crippen molar-refractivity contribution in [2.45, 2.75) is 38.3 Å². The third-order valence-electron chi connectivity index (χ3n) is 4.31. The van der Waals surface area contributed by atoms with Gasteiger partial charge in [-0.3, -0.25) is 9.69 Å². The monoisotopic (exact) mass is 295 g/mol. The number of rotatable bonds is 6. The second-order valence-electron chi connectivity index (χ2n) is 6.01. The summed E-state index contributed by atoms with van der Waals surface area (Å²) in [5, 5.41) is 13.9. The number of carboxylic acids is 1. The maximum atomic E-state index is 11.8. The van der Waals surface area contributed by atoms with Crippen LogP contribution in [-0.2, 0) is 16.1 Å². The van der Waals surface area contributed by atoms with Crippen molar-refractivity contribution in [2.75, 3.05) is 19.8 Å². The Hall–Kier alpha value is -0.910. The van der Waals surface area contributed by atoms with Crippen molar-refractivity contribution in [3.8, 4) is 0 Å². The SMILES string of the molecule is O=C(O)C1(CN(Cc2ccsc2)C2CC2)CCCOC1. The summed E-state index contributed by atoms with van der Waals surface area (Å²) in [7, 11) is 0. The molecular weight excluding hydrogens is 274 g/mol. The lowest BCUT2D eigenvalue weighted by Gasteiger charge is -2.37. The topological polar surface area (TPSA) is 49.8 Å². The highest BCUT2D eigenvalue weighted by Crippen LogP contribution is 2.36. The summed E-state index contributed by atoms with van der Waals surface area (Å²) in [6.07, 6.45) is 3.97. The van der Waals surface area contributed by atoms with Crippen LogP contribution in [0.2, 0.25) is 0 Å². The fourth-order valence-electron chi connectivity index (χ4n) is 2.97. The zero-order valence-corrected chi connectivity index (χ0v) is 12.4. The van der Waals surface area contributed by atoms with E-state index in [1.165, 1.54) is 18.4 Å². The van der Waals surface area contributed by atoms with Crippen molar-refractivity contribution in [1.82, 2.24) is 4.90 Å². The molecule has 0 aromatic carbocycles. The van der Waals surface area contributed by atoms with Gasteiger partial charge in [0.1, 0.15) is 5.41 Å². The molecule has 1 unspecified atom stereocenters. The molecule has 20 heavy (non-hydrogen) atoms. The smallest absolute Gasteiger partial charge is 0.313 e. The van der Waals surface area contributed by atoms with Crippen molar-refractivity contribution >= 4 is 17.3 Å². The van der Waals surface area contributed by atoms with Gasteiger partial charge in [0.25, 0.3) is 0 Å². The Morgan fingerprint density at radius 1 is 1.55 bits per heavy atom. The minimum atomic E-state index is -0.711. The van der Waals surface area contributed by atoms with E-state index in [0.717, 1.165) is 19.4 Å². The quantitative estimate of drug-likeness (QED) is 0.876. The summed E-state index contributed by atoms with van der Waals surface area (Å²) in [5.74, 6) is -0.701. The number of carbonyl (C=O) groups is 1. The minimum absolute atomic E-state index is 0.356. The fraction of sp³-hybridized carbons (Fsp3) is 0.667. The Morgan fingerprint density at radius 3 is 2.95 bits per heavy atom. The number of hydrogen-bond donors (Lipinski definition) is 1. The molecule has 0 spiro atoms. The van der Waals surface area contributed by atoms with E-state index in [1.54, 1.807) is 11.3 Å². The van der Waals surface area contributed by atoms with E-state index in [9.17, 15) is 9.90 Å². The van der Waals surface area contributed by atoms with Gasteiger partial charge < -0.3 is 9.84 Å². The molecule has 1 aliphatic heterocycles. The van der Waals surface area contributed by atoms with Gasteiger partial charge >= 0.3 is 5.97 Å². The van der Waals surface area contributed by atoms with Crippen LogP contribution in [0.15, 0.2) is 16.8 Å². The first kappa shape index (κ1) is 14.0. The van der Waals surface area contributed by atoms with E-state index in [2.05, 4.69) is 21.7 Å². The molecule has 0 radical (unpaired) electrons. The molecule has 2 aliphatic rings. The molecule has 1 aromatic heterocycles. The van der Waals surface area contributed by atoms with Crippen LogP contribution in [0.1, 0.15) is 31.2 Å². The van der Waals surface area contributed by atoms with Crippen molar-refractivity contribution in [2.24, 2.45) is 5.41 Å². The lowest BCUT2D eigenvalue weighted by Crippen LogP contribution is -2.48. The lowest BCUT2D eigenvalue weighted by molar-refractivity contribution is -0.159. The molecule has 0 amide bonds. The van der Waals surface area contributed by atoms with Gasteiger partial charge in [-0.1, -0.05) is 0 Å². The second kappa shape index (κ2) is 5.84. The molecule has 1 saturated heterocycles. The molecule has 3 rings (SSSR count). The summed E-state index contributed by atoms with van der Waals surface area (Å²) < 4.78 is 5.48. The summed E-state index contributed by atoms with van der Waals surface area (Å²) >= 11 is 1.70. The first-order valence-corrected chi connectivity index (χ1v) is 8.20. The van der Waals surface area contributed by atoms with E-state index in [-0.39, 0.29) is 0 Å².